The van der Waals surface area contributed by atoms with Gasteiger partial charge in [0.2, 0.25) is 5.89 Å². The predicted octanol–water partition coefficient (Wildman–Crippen LogP) is 4.06. The van der Waals surface area contributed by atoms with Crippen LogP contribution in [-0.4, -0.2) is 16.7 Å². The van der Waals surface area contributed by atoms with Gasteiger partial charge in [-0.15, -0.1) is 0 Å². The van der Waals surface area contributed by atoms with Crippen molar-refractivity contribution >= 4 is 0 Å². The fourth-order valence-corrected chi connectivity index (χ4v) is 3.46. The van der Waals surface area contributed by atoms with Gasteiger partial charge in [-0.3, -0.25) is 0 Å². The molecule has 4 nitrogen and oxygen atoms in total. The van der Waals surface area contributed by atoms with Crippen LogP contribution in [0.15, 0.2) is 4.52 Å². The lowest BCUT2D eigenvalue weighted by Gasteiger charge is -2.23. The zero-order valence-corrected chi connectivity index (χ0v) is 13.7. The number of aryl methyl sites for hydroxylation is 1. The molecule has 0 amide bonds. The lowest BCUT2D eigenvalue weighted by Crippen LogP contribution is -2.12. The third kappa shape index (κ3) is 5.10. The van der Waals surface area contributed by atoms with Crippen LogP contribution in [0.3, 0.4) is 0 Å². The molecule has 1 atom stereocenters. The SMILES string of the molecule is CCCC(CCN)CCc1nc(C2CCC(C)CC2)no1. The first-order chi connectivity index (χ1) is 10.2. The summed E-state index contributed by atoms with van der Waals surface area (Å²) in [5, 5.41) is 4.22. The van der Waals surface area contributed by atoms with Crippen LogP contribution in [0.4, 0.5) is 0 Å². The van der Waals surface area contributed by atoms with Gasteiger partial charge in [-0.05, 0) is 44.1 Å². The Morgan fingerprint density at radius 1 is 1.19 bits per heavy atom. The maximum atomic E-state index is 5.69. The molecule has 0 radical (unpaired) electrons. The average Bonchev–Trinajstić information content (AvgIpc) is 2.95. The molecule has 0 saturated heterocycles. The van der Waals surface area contributed by atoms with Crippen LogP contribution in [0.25, 0.3) is 0 Å². The minimum atomic E-state index is 0.522. The van der Waals surface area contributed by atoms with E-state index in [4.69, 9.17) is 10.3 Å². The third-order valence-corrected chi connectivity index (χ3v) is 4.90. The van der Waals surface area contributed by atoms with Gasteiger partial charge in [0, 0.05) is 12.3 Å². The van der Waals surface area contributed by atoms with Crippen LogP contribution < -0.4 is 5.73 Å². The molecule has 1 aromatic heterocycles. The molecule has 0 aromatic carbocycles. The van der Waals surface area contributed by atoms with E-state index in [1.165, 1.54) is 38.5 Å². The van der Waals surface area contributed by atoms with E-state index in [-0.39, 0.29) is 0 Å². The summed E-state index contributed by atoms with van der Waals surface area (Å²) in [7, 11) is 0. The highest BCUT2D eigenvalue weighted by atomic mass is 16.5. The van der Waals surface area contributed by atoms with Crippen molar-refractivity contribution in [2.24, 2.45) is 17.6 Å². The Bertz CT molecular complexity index is 390. The Balaban J connectivity index is 1.82. The van der Waals surface area contributed by atoms with Crippen LogP contribution in [-0.2, 0) is 6.42 Å². The van der Waals surface area contributed by atoms with Crippen molar-refractivity contribution in [1.82, 2.24) is 10.1 Å². The number of hydrogen-bond donors (Lipinski definition) is 1. The van der Waals surface area contributed by atoms with Gasteiger partial charge >= 0.3 is 0 Å². The second kappa shape index (κ2) is 8.52. The number of rotatable bonds is 8. The summed E-state index contributed by atoms with van der Waals surface area (Å²) in [6, 6.07) is 0. The van der Waals surface area contributed by atoms with Gasteiger partial charge in [0.1, 0.15) is 0 Å². The highest BCUT2D eigenvalue weighted by Crippen LogP contribution is 2.34. The summed E-state index contributed by atoms with van der Waals surface area (Å²) in [6.07, 6.45) is 10.6. The second-order valence-corrected chi connectivity index (χ2v) is 6.77. The quantitative estimate of drug-likeness (QED) is 0.785. The maximum Gasteiger partial charge on any atom is 0.226 e. The molecular formula is C17H31N3O. The molecule has 0 aliphatic heterocycles. The number of nitrogens with zero attached hydrogens (tertiary/aromatic N) is 2. The fourth-order valence-electron chi connectivity index (χ4n) is 3.46. The predicted molar refractivity (Wildman–Crippen MR) is 85.1 cm³/mol. The molecule has 1 unspecified atom stereocenters. The molecule has 21 heavy (non-hydrogen) atoms. The Morgan fingerprint density at radius 3 is 2.62 bits per heavy atom. The number of aromatic nitrogens is 2. The first kappa shape index (κ1) is 16.5. The van der Waals surface area contributed by atoms with Gasteiger partial charge in [-0.1, -0.05) is 44.7 Å². The molecule has 1 fully saturated rings. The summed E-state index contributed by atoms with van der Waals surface area (Å²) >= 11 is 0. The molecule has 1 aromatic rings. The standard InChI is InChI=1S/C17H31N3O/c1-3-4-14(11-12-18)7-10-16-19-17(20-21-16)15-8-5-13(2)6-9-15/h13-15H,3-12,18H2,1-2H3. The van der Waals surface area contributed by atoms with E-state index in [1.54, 1.807) is 0 Å². The maximum absolute atomic E-state index is 5.69. The highest BCUT2D eigenvalue weighted by molar-refractivity contribution is 4.97. The van der Waals surface area contributed by atoms with Crippen LogP contribution in [0, 0.1) is 11.8 Å². The van der Waals surface area contributed by atoms with Gasteiger partial charge in [-0.2, -0.15) is 4.98 Å². The first-order valence-electron chi connectivity index (χ1n) is 8.75. The number of nitrogens with two attached hydrogens (primary N) is 1. The summed E-state index contributed by atoms with van der Waals surface area (Å²) in [5.41, 5.74) is 5.69. The molecule has 1 heterocycles. The molecule has 1 aliphatic carbocycles. The smallest absolute Gasteiger partial charge is 0.226 e. The summed E-state index contributed by atoms with van der Waals surface area (Å²) in [4.78, 5) is 4.64. The topological polar surface area (TPSA) is 64.9 Å². The molecule has 0 spiro atoms. The molecule has 120 valence electrons. The molecule has 2 N–H and O–H groups in total. The second-order valence-electron chi connectivity index (χ2n) is 6.77. The van der Waals surface area contributed by atoms with E-state index in [2.05, 4.69) is 24.0 Å². The Hall–Kier alpha value is -0.900. The molecule has 0 bridgehead atoms. The molecule has 1 aliphatic rings. The zero-order valence-electron chi connectivity index (χ0n) is 13.7. The Kier molecular flexibility index (Phi) is 6.68. The lowest BCUT2D eigenvalue weighted by atomic mass is 9.83. The highest BCUT2D eigenvalue weighted by Gasteiger charge is 2.24. The van der Waals surface area contributed by atoms with E-state index >= 15 is 0 Å². The minimum Gasteiger partial charge on any atom is -0.339 e. The van der Waals surface area contributed by atoms with Crippen molar-refractivity contribution in [3.8, 4) is 0 Å². The third-order valence-electron chi connectivity index (χ3n) is 4.90. The van der Waals surface area contributed by atoms with Crippen LogP contribution >= 0.6 is 0 Å². The van der Waals surface area contributed by atoms with Crippen molar-refractivity contribution in [2.75, 3.05) is 6.54 Å². The first-order valence-corrected chi connectivity index (χ1v) is 8.75. The average molecular weight is 293 g/mol. The van der Waals surface area contributed by atoms with E-state index in [0.717, 1.165) is 43.4 Å². The minimum absolute atomic E-state index is 0.522. The lowest BCUT2D eigenvalue weighted by molar-refractivity contribution is 0.320. The Labute approximate surface area is 128 Å². The van der Waals surface area contributed by atoms with Gasteiger partial charge in [0.15, 0.2) is 5.82 Å². The van der Waals surface area contributed by atoms with E-state index in [9.17, 15) is 0 Å². The van der Waals surface area contributed by atoms with Crippen LogP contribution in [0.1, 0.15) is 82.8 Å². The van der Waals surface area contributed by atoms with Gasteiger partial charge < -0.3 is 10.3 Å². The monoisotopic (exact) mass is 293 g/mol. The molecule has 4 heteroatoms. The van der Waals surface area contributed by atoms with Crippen molar-refractivity contribution < 1.29 is 4.52 Å². The van der Waals surface area contributed by atoms with Crippen LogP contribution in [0.2, 0.25) is 0 Å². The molecule has 2 rings (SSSR count). The van der Waals surface area contributed by atoms with Crippen molar-refractivity contribution in [3.63, 3.8) is 0 Å². The largest absolute Gasteiger partial charge is 0.339 e. The van der Waals surface area contributed by atoms with Gasteiger partial charge in [0.05, 0.1) is 0 Å². The van der Waals surface area contributed by atoms with Gasteiger partial charge in [-0.25, -0.2) is 0 Å². The van der Waals surface area contributed by atoms with Crippen molar-refractivity contribution in [1.29, 1.82) is 0 Å². The van der Waals surface area contributed by atoms with E-state index in [0.29, 0.717) is 11.8 Å². The summed E-state index contributed by atoms with van der Waals surface area (Å²) in [6.45, 7) is 5.35. The fraction of sp³-hybridized carbons (Fsp3) is 0.882. The van der Waals surface area contributed by atoms with E-state index in [1.807, 2.05) is 0 Å². The number of hydrogen-bond acceptors (Lipinski definition) is 4. The van der Waals surface area contributed by atoms with E-state index < -0.39 is 0 Å². The van der Waals surface area contributed by atoms with Crippen molar-refractivity contribution in [3.05, 3.63) is 11.7 Å². The summed E-state index contributed by atoms with van der Waals surface area (Å²) < 4.78 is 5.46. The Morgan fingerprint density at radius 2 is 1.95 bits per heavy atom. The normalized spacial score (nSPS) is 24.1. The zero-order chi connectivity index (χ0) is 15.1. The van der Waals surface area contributed by atoms with Crippen molar-refractivity contribution in [2.45, 2.75) is 77.6 Å². The van der Waals surface area contributed by atoms with Gasteiger partial charge in [0.25, 0.3) is 0 Å². The molecule has 1 saturated carbocycles. The van der Waals surface area contributed by atoms with Crippen LogP contribution in [0.5, 0.6) is 0 Å². The molecular weight excluding hydrogens is 262 g/mol. The summed E-state index contributed by atoms with van der Waals surface area (Å²) in [5.74, 6) is 3.85.